The second-order valence-electron chi connectivity index (χ2n) is 4.54. The molecule has 1 unspecified atom stereocenters. The van der Waals surface area contributed by atoms with Crippen LogP contribution < -0.4 is 0 Å². The molecule has 1 aromatic carbocycles. The number of rotatable bonds is 5. The molecule has 1 aromatic heterocycles. The van der Waals surface area contributed by atoms with Gasteiger partial charge in [0.25, 0.3) is 0 Å². The standard InChI is InChI=1S/C14H16Br2N2/c1-18-10-12(9-17-18)6-11(8-15)7-13-4-2-3-5-14(13)16/h2-5,9-11H,6-8H2,1H3. The van der Waals surface area contributed by atoms with Gasteiger partial charge in [-0.15, -0.1) is 0 Å². The third-order valence-electron chi connectivity index (χ3n) is 2.97. The number of alkyl halides is 1. The smallest absolute Gasteiger partial charge is 0.0521 e. The molecule has 0 N–H and O–H groups in total. The summed E-state index contributed by atoms with van der Waals surface area (Å²) in [5, 5.41) is 5.22. The van der Waals surface area contributed by atoms with Crippen molar-refractivity contribution in [2.45, 2.75) is 12.8 Å². The van der Waals surface area contributed by atoms with Crippen LogP contribution in [0.5, 0.6) is 0 Å². The van der Waals surface area contributed by atoms with Crippen LogP contribution in [0.1, 0.15) is 11.1 Å². The topological polar surface area (TPSA) is 17.8 Å². The molecule has 0 spiro atoms. The van der Waals surface area contributed by atoms with Crippen LogP contribution in [-0.4, -0.2) is 15.1 Å². The zero-order chi connectivity index (χ0) is 13.0. The van der Waals surface area contributed by atoms with E-state index >= 15 is 0 Å². The number of aryl methyl sites for hydroxylation is 1. The molecule has 1 atom stereocenters. The second kappa shape index (κ2) is 6.53. The molecule has 2 nitrogen and oxygen atoms in total. The zero-order valence-electron chi connectivity index (χ0n) is 10.3. The van der Waals surface area contributed by atoms with Gasteiger partial charge in [-0.05, 0) is 36.0 Å². The minimum atomic E-state index is 0.591. The second-order valence-corrected chi connectivity index (χ2v) is 6.04. The molecule has 4 heteroatoms. The van der Waals surface area contributed by atoms with Crippen LogP contribution >= 0.6 is 31.9 Å². The molecule has 2 rings (SSSR count). The highest BCUT2D eigenvalue weighted by Gasteiger charge is 2.12. The van der Waals surface area contributed by atoms with E-state index in [1.54, 1.807) is 0 Å². The van der Waals surface area contributed by atoms with E-state index in [1.165, 1.54) is 15.6 Å². The molecule has 0 fully saturated rings. The zero-order valence-corrected chi connectivity index (χ0v) is 13.5. The number of hydrogen-bond acceptors (Lipinski definition) is 1. The minimum Gasteiger partial charge on any atom is -0.276 e. The Balaban J connectivity index is 2.04. The van der Waals surface area contributed by atoms with Gasteiger partial charge in [-0.1, -0.05) is 50.1 Å². The molecular formula is C14H16Br2N2. The Morgan fingerprint density at radius 3 is 2.67 bits per heavy atom. The Bertz CT molecular complexity index is 508. The highest BCUT2D eigenvalue weighted by molar-refractivity contribution is 9.10. The fraction of sp³-hybridized carbons (Fsp3) is 0.357. The first-order valence-corrected chi connectivity index (χ1v) is 7.87. The highest BCUT2D eigenvalue weighted by atomic mass is 79.9. The van der Waals surface area contributed by atoms with Crippen molar-refractivity contribution in [3.05, 3.63) is 52.3 Å². The van der Waals surface area contributed by atoms with Crippen LogP contribution in [0.25, 0.3) is 0 Å². The van der Waals surface area contributed by atoms with E-state index in [1.807, 2.05) is 17.9 Å². The van der Waals surface area contributed by atoms with Crippen LogP contribution in [0.15, 0.2) is 41.1 Å². The van der Waals surface area contributed by atoms with E-state index < -0.39 is 0 Å². The van der Waals surface area contributed by atoms with Crippen molar-refractivity contribution in [2.24, 2.45) is 13.0 Å². The van der Waals surface area contributed by atoms with Gasteiger partial charge in [0.05, 0.1) is 6.20 Å². The Kier molecular flexibility index (Phi) is 5.01. The Morgan fingerprint density at radius 1 is 1.28 bits per heavy atom. The van der Waals surface area contributed by atoms with E-state index in [9.17, 15) is 0 Å². The Morgan fingerprint density at radius 2 is 2.06 bits per heavy atom. The molecule has 0 aliphatic heterocycles. The largest absolute Gasteiger partial charge is 0.276 e. The molecule has 0 aliphatic rings. The van der Waals surface area contributed by atoms with Gasteiger partial charge in [-0.3, -0.25) is 4.68 Å². The van der Waals surface area contributed by atoms with Crippen molar-refractivity contribution in [1.82, 2.24) is 9.78 Å². The summed E-state index contributed by atoms with van der Waals surface area (Å²) < 4.78 is 3.06. The van der Waals surface area contributed by atoms with Gasteiger partial charge in [0.2, 0.25) is 0 Å². The molecule has 1 heterocycles. The summed E-state index contributed by atoms with van der Waals surface area (Å²) in [7, 11) is 1.96. The maximum Gasteiger partial charge on any atom is 0.0521 e. The Labute approximate surface area is 125 Å². The maximum atomic E-state index is 4.22. The van der Waals surface area contributed by atoms with Crippen molar-refractivity contribution in [2.75, 3.05) is 5.33 Å². The van der Waals surface area contributed by atoms with E-state index in [2.05, 4.69) is 67.4 Å². The number of hydrogen-bond donors (Lipinski definition) is 0. The van der Waals surface area contributed by atoms with Crippen LogP contribution in [-0.2, 0) is 19.9 Å². The molecule has 96 valence electrons. The minimum absolute atomic E-state index is 0.591. The van der Waals surface area contributed by atoms with Gasteiger partial charge in [0.15, 0.2) is 0 Å². The van der Waals surface area contributed by atoms with E-state index in [-0.39, 0.29) is 0 Å². The summed E-state index contributed by atoms with van der Waals surface area (Å²) in [4.78, 5) is 0. The molecule has 18 heavy (non-hydrogen) atoms. The van der Waals surface area contributed by atoms with Crippen molar-refractivity contribution in [3.63, 3.8) is 0 Å². The summed E-state index contributed by atoms with van der Waals surface area (Å²) in [6.45, 7) is 0. The lowest BCUT2D eigenvalue weighted by Gasteiger charge is -2.14. The van der Waals surface area contributed by atoms with Crippen molar-refractivity contribution < 1.29 is 0 Å². The molecule has 0 aliphatic carbocycles. The lowest BCUT2D eigenvalue weighted by molar-refractivity contribution is 0.589. The predicted molar refractivity (Wildman–Crippen MR) is 82.0 cm³/mol. The fourth-order valence-corrected chi connectivity index (χ4v) is 2.97. The summed E-state index contributed by atoms with van der Waals surface area (Å²) in [6.07, 6.45) is 6.17. The van der Waals surface area contributed by atoms with Crippen molar-refractivity contribution in [1.29, 1.82) is 0 Å². The van der Waals surface area contributed by atoms with E-state index in [0.717, 1.165) is 18.2 Å². The van der Waals surface area contributed by atoms with Gasteiger partial charge in [0, 0.05) is 23.0 Å². The molecule has 0 saturated heterocycles. The lowest BCUT2D eigenvalue weighted by Crippen LogP contribution is -2.10. The van der Waals surface area contributed by atoms with Crippen molar-refractivity contribution in [3.8, 4) is 0 Å². The van der Waals surface area contributed by atoms with Gasteiger partial charge >= 0.3 is 0 Å². The average molecular weight is 372 g/mol. The molecule has 0 amide bonds. The van der Waals surface area contributed by atoms with Crippen LogP contribution in [0.4, 0.5) is 0 Å². The molecule has 0 radical (unpaired) electrons. The number of benzene rings is 1. The van der Waals surface area contributed by atoms with Gasteiger partial charge in [-0.2, -0.15) is 5.10 Å². The third kappa shape index (κ3) is 3.69. The van der Waals surface area contributed by atoms with E-state index in [4.69, 9.17) is 0 Å². The molecule has 0 saturated carbocycles. The monoisotopic (exact) mass is 370 g/mol. The fourth-order valence-electron chi connectivity index (χ4n) is 2.07. The number of halogens is 2. The molecular weight excluding hydrogens is 356 g/mol. The van der Waals surface area contributed by atoms with Crippen LogP contribution in [0, 0.1) is 5.92 Å². The molecule has 2 aromatic rings. The first kappa shape index (κ1) is 13.8. The first-order valence-electron chi connectivity index (χ1n) is 5.96. The van der Waals surface area contributed by atoms with Crippen LogP contribution in [0.3, 0.4) is 0 Å². The SMILES string of the molecule is Cn1cc(CC(CBr)Cc2ccccc2Br)cn1. The average Bonchev–Trinajstić information content (AvgIpc) is 2.76. The predicted octanol–water partition coefficient (Wildman–Crippen LogP) is 3.98. The third-order valence-corrected chi connectivity index (χ3v) is 4.66. The molecule has 0 bridgehead atoms. The lowest BCUT2D eigenvalue weighted by atomic mass is 9.95. The summed E-state index contributed by atoms with van der Waals surface area (Å²) in [6, 6.07) is 8.43. The normalized spacial score (nSPS) is 12.6. The summed E-state index contributed by atoms with van der Waals surface area (Å²) in [5.41, 5.74) is 2.67. The first-order chi connectivity index (χ1) is 8.69. The maximum absolute atomic E-state index is 4.22. The van der Waals surface area contributed by atoms with Crippen LogP contribution in [0.2, 0.25) is 0 Å². The van der Waals surface area contributed by atoms with Gasteiger partial charge in [-0.25, -0.2) is 0 Å². The summed E-state index contributed by atoms with van der Waals surface area (Å²) in [5.74, 6) is 0.591. The van der Waals surface area contributed by atoms with E-state index in [0.29, 0.717) is 5.92 Å². The quantitative estimate of drug-likeness (QED) is 0.727. The van der Waals surface area contributed by atoms with Crippen molar-refractivity contribution >= 4 is 31.9 Å². The number of aromatic nitrogens is 2. The van der Waals surface area contributed by atoms with Gasteiger partial charge in [0.1, 0.15) is 0 Å². The Hall–Kier alpha value is -0.610. The highest BCUT2D eigenvalue weighted by Crippen LogP contribution is 2.22. The van der Waals surface area contributed by atoms with Gasteiger partial charge < -0.3 is 0 Å². The number of nitrogens with zero attached hydrogens (tertiary/aromatic N) is 2. The summed E-state index contributed by atoms with van der Waals surface area (Å²) >= 11 is 7.23.